The third kappa shape index (κ3) is 16.0. The second-order valence-electron chi connectivity index (χ2n) is 11.3. The molecule has 2 heteroatoms. The molecule has 2 aromatic rings. The molecule has 0 amide bonds. The van der Waals surface area contributed by atoms with Crippen LogP contribution in [-0.2, 0) is 12.8 Å². The number of benzene rings is 1. The van der Waals surface area contributed by atoms with Crippen molar-refractivity contribution in [1.82, 2.24) is 9.97 Å². The Morgan fingerprint density at radius 1 is 0.405 bits per heavy atom. The highest BCUT2D eigenvalue weighted by Gasteiger charge is 2.03. The number of hydrogen-bond acceptors (Lipinski definition) is 2. The van der Waals surface area contributed by atoms with Gasteiger partial charge in [-0.05, 0) is 36.8 Å². The molecule has 0 unspecified atom stereocenters. The quantitative estimate of drug-likeness (QED) is 0.132. The molecule has 1 heterocycles. The molecule has 208 valence electrons. The molecule has 0 N–H and O–H groups in total. The van der Waals surface area contributed by atoms with Crippen LogP contribution < -0.4 is 0 Å². The van der Waals surface area contributed by atoms with Gasteiger partial charge in [-0.2, -0.15) is 0 Å². The second kappa shape index (κ2) is 22.3. The van der Waals surface area contributed by atoms with E-state index in [4.69, 9.17) is 0 Å². The third-order valence-corrected chi connectivity index (χ3v) is 7.81. The Morgan fingerprint density at radius 3 is 1.16 bits per heavy atom. The largest absolute Gasteiger partial charge is 0.236 e. The molecule has 1 aromatic heterocycles. The van der Waals surface area contributed by atoms with Gasteiger partial charge in [0, 0.05) is 18.0 Å². The lowest BCUT2D eigenvalue weighted by molar-refractivity contribution is 0.539. The van der Waals surface area contributed by atoms with Gasteiger partial charge in [0.05, 0.1) is 0 Å². The van der Waals surface area contributed by atoms with Crippen LogP contribution in [0.25, 0.3) is 11.4 Å². The van der Waals surface area contributed by atoms with Crippen molar-refractivity contribution in [2.45, 2.75) is 162 Å². The van der Waals surface area contributed by atoms with Gasteiger partial charge in [0.15, 0.2) is 5.82 Å². The van der Waals surface area contributed by atoms with Crippen molar-refractivity contribution in [3.8, 4) is 11.4 Å². The van der Waals surface area contributed by atoms with Crippen LogP contribution in [0.3, 0.4) is 0 Å². The van der Waals surface area contributed by atoms with E-state index in [0.717, 1.165) is 17.8 Å². The molecule has 0 atom stereocenters. The molecule has 0 spiro atoms. The SMILES string of the molecule is CCCCCCCCCCCCCCCc1ccc(-c2ncc(CCCCCCCCCC)cn2)cc1. The summed E-state index contributed by atoms with van der Waals surface area (Å²) in [4.78, 5) is 9.31. The molecule has 2 nitrogen and oxygen atoms in total. The summed E-state index contributed by atoms with van der Waals surface area (Å²) in [5, 5.41) is 0. The van der Waals surface area contributed by atoms with Gasteiger partial charge in [-0.3, -0.25) is 0 Å². The molecule has 0 aliphatic carbocycles. The van der Waals surface area contributed by atoms with Crippen LogP contribution in [0.15, 0.2) is 36.7 Å². The van der Waals surface area contributed by atoms with Crippen molar-refractivity contribution < 1.29 is 0 Å². The van der Waals surface area contributed by atoms with E-state index in [-0.39, 0.29) is 0 Å². The molecule has 0 aliphatic rings. The number of nitrogens with zero attached hydrogens (tertiary/aromatic N) is 2. The van der Waals surface area contributed by atoms with E-state index >= 15 is 0 Å². The van der Waals surface area contributed by atoms with Gasteiger partial charge >= 0.3 is 0 Å². The fourth-order valence-electron chi connectivity index (χ4n) is 5.26. The smallest absolute Gasteiger partial charge is 0.159 e. The van der Waals surface area contributed by atoms with Crippen molar-refractivity contribution in [2.75, 3.05) is 0 Å². The highest BCUT2D eigenvalue weighted by Crippen LogP contribution is 2.18. The Balaban J connectivity index is 1.50. The molecule has 37 heavy (non-hydrogen) atoms. The van der Waals surface area contributed by atoms with Crippen LogP contribution in [0.5, 0.6) is 0 Å². The van der Waals surface area contributed by atoms with E-state index in [1.54, 1.807) is 0 Å². The summed E-state index contributed by atoms with van der Waals surface area (Å²) in [6.45, 7) is 4.58. The summed E-state index contributed by atoms with van der Waals surface area (Å²) in [6, 6.07) is 8.94. The Hall–Kier alpha value is -1.70. The summed E-state index contributed by atoms with van der Waals surface area (Å²) < 4.78 is 0. The molecule has 0 aliphatic heterocycles. The normalized spacial score (nSPS) is 11.3. The third-order valence-electron chi connectivity index (χ3n) is 7.81. The highest BCUT2D eigenvalue weighted by molar-refractivity contribution is 5.55. The lowest BCUT2D eigenvalue weighted by atomic mass is 10.0. The van der Waals surface area contributed by atoms with Gasteiger partial charge in [0.25, 0.3) is 0 Å². The van der Waals surface area contributed by atoms with Gasteiger partial charge in [-0.1, -0.05) is 160 Å². The monoisotopic (exact) mass is 506 g/mol. The zero-order valence-electron chi connectivity index (χ0n) is 24.6. The maximum absolute atomic E-state index is 4.66. The summed E-state index contributed by atoms with van der Waals surface area (Å²) in [5.74, 6) is 0.854. The van der Waals surface area contributed by atoms with Crippen molar-refractivity contribution in [1.29, 1.82) is 0 Å². The lowest BCUT2D eigenvalue weighted by Gasteiger charge is -2.06. The summed E-state index contributed by atoms with van der Waals surface area (Å²) >= 11 is 0. The van der Waals surface area contributed by atoms with Gasteiger partial charge < -0.3 is 0 Å². The Morgan fingerprint density at radius 2 is 0.757 bits per heavy atom. The number of aryl methyl sites for hydroxylation is 2. The Kier molecular flexibility index (Phi) is 19.0. The first-order valence-corrected chi connectivity index (χ1v) is 16.2. The molecule has 0 bridgehead atoms. The summed E-state index contributed by atoms with van der Waals surface area (Å²) in [5.41, 5.74) is 3.85. The van der Waals surface area contributed by atoms with Crippen LogP contribution in [0.4, 0.5) is 0 Å². The van der Waals surface area contributed by atoms with Crippen LogP contribution in [0.2, 0.25) is 0 Å². The van der Waals surface area contributed by atoms with Crippen LogP contribution in [0, 0.1) is 0 Å². The molecule has 0 radical (unpaired) electrons. The van der Waals surface area contributed by atoms with E-state index in [1.807, 2.05) is 12.4 Å². The molecule has 0 fully saturated rings. The van der Waals surface area contributed by atoms with E-state index in [1.165, 1.54) is 152 Å². The van der Waals surface area contributed by atoms with Crippen LogP contribution in [-0.4, -0.2) is 9.97 Å². The lowest BCUT2D eigenvalue weighted by Crippen LogP contribution is -1.94. The van der Waals surface area contributed by atoms with E-state index in [0.29, 0.717) is 0 Å². The average molecular weight is 507 g/mol. The zero-order chi connectivity index (χ0) is 26.2. The summed E-state index contributed by atoms with van der Waals surface area (Å²) in [6.07, 6.45) is 35.6. The second-order valence-corrected chi connectivity index (χ2v) is 11.3. The predicted octanol–water partition coefficient (Wildman–Crippen LogP) is 11.5. The van der Waals surface area contributed by atoms with Gasteiger partial charge in [-0.15, -0.1) is 0 Å². The van der Waals surface area contributed by atoms with E-state index in [2.05, 4.69) is 48.1 Å². The van der Waals surface area contributed by atoms with Crippen molar-refractivity contribution in [3.63, 3.8) is 0 Å². The molecule has 1 aromatic carbocycles. The first-order valence-electron chi connectivity index (χ1n) is 16.2. The van der Waals surface area contributed by atoms with Gasteiger partial charge in [-0.25, -0.2) is 9.97 Å². The minimum atomic E-state index is 0.854. The zero-order valence-corrected chi connectivity index (χ0v) is 24.6. The minimum absolute atomic E-state index is 0.854. The van der Waals surface area contributed by atoms with Gasteiger partial charge in [0.2, 0.25) is 0 Å². The molecular weight excluding hydrogens is 448 g/mol. The summed E-state index contributed by atoms with van der Waals surface area (Å²) in [7, 11) is 0. The molecular formula is C35H58N2. The van der Waals surface area contributed by atoms with Crippen molar-refractivity contribution >= 4 is 0 Å². The van der Waals surface area contributed by atoms with Crippen molar-refractivity contribution in [2.24, 2.45) is 0 Å². The molecule has 2 rings (SSSR count). The maximum atomic E-state index is 4.66. The Labute approximate surface area is 230 Å². The van der Waals surface area contributed by atoms with Crippen LogP contribution >= 0.6 is 0 Å². The van der Waals surface area contributed by atoms with Gasteiger partial charge in [0.1, 0.15) is 0 Å². The average Bonchev–Trinajstić information content (AvgIpc) is 2.93. The first kappa shape index (κ1) is 31.5. The Bertz CT molecular complexity index is 750. The maximum Gasteiger partial charge on any atom is 0.159 e. The predicted molar refractivity (Wildman–Crippen MR) is 163 cm³/mol. The topological polar surface area (TPSA) is 25.8 Å². The number of hydrogen-bond donors (Lipinski definition) is 0. The van der Waals surface area contributed by atoms with Crippen LogP contribution in [0.1, 0.15) is 160 Å². The fourth-order valence-corrected chi connectivity index (χ4v) is 5.26. The molecule has 0 saturated heterocycles. The molecule has 0 saturated carbocycles. The van der Waals surface area contributed by atoms with Crippen molar-refractivity contribution in [3.05, 3.63) is 47.8 Å². The minimum Gasteiger partial charge on any atom is -0.236 e. The highest BCUT2D eigenvalue weighted by atomic mass is 14.9. The first-order chi connectivity index (χ1) is 18.3. The number of unbranched alkanes of at least 4 members (excludes halogenated alkanes) is 19. The van der Waals surface area contributed by atoms with E-state index < -0.39 is 0 Å². The standard InChI is InChI=1S/C35H58N2/c1-3-5-7-9-11-13-14-15-16-17-19-20-22-24-32-26-28-34(29-27-32)35-36-30-33(31-37-35)25-23-21-18-12-10-8-6-4-2/h26-31H,3-25H2,1-2H3. The van der Waals surface area contributed by atoms with E-state index in [9.17, 15) is 0 Å². The fraction of sp³-hybridized carbons (Fsp3) is 0.714. The number of aromatic nitrogens is 2. The number of rotatable bonds is 24.